The Morgan fingerprint density at radius 1 is 0.258 bits per heavy atom. The molecule has 0 aliphatic carbocycles. The minimum Gasteiger partial charge on any atom is -0.309 e. The van der Waals surface area contributed by atoms with Gasteiger partial charge in [0.25, 0.3) is 0 Å². The van der Waals surface area contributed by atoms with Crippen molar-refractivity contribution < 1.29 is 52.7 Å². The molecule has 0 aliphatic heterocycles. The molecule has 2 heterocycles. The van der Waals surface area contributed by atoms with Gasteiger partial charge in [-0.05, 0) is 94.0 Å². The standard InChI is InChI=1S/C52H28F12N2/c53-49(54,55)39-13-5-1-9-33(39)31-17-21-37-35-11-3-7-15-43(35)65(45(37)27-31)47-25-29(19-23-41(47)51(59,60)61)30-20-24-42(52(62,63)64)48(26-30)66-44-16-8-4-12-36(44)38-22-18-32(28-46(38)66)34-10-2-6-14-40(34)50(56,57)58/h1-28H. The predicted molar refractivity (Wildman–Crippen MR) is 231 cm³/mol. The van der Waals surface area contributed by atoms with Gasteiger partial charge in [-0.15, -0.1) is 0 Å². The minimum atomic E-state index is -4.98. The first kappa shape index (κ1) is 42.5. The van der Waals surface area contributed by atoms with Gasteiger partial charge in [0.2, 0.25) is 0 Å². The maximum Gasteiger partial charge on any atom is 0.418 e. The molecular weight excluding hydrogens is 881 g/mol. The van der Waals surface area contributed by atoms with Crippen LogP contribution in [0.3, 0.4) is 0 Å². The molecule has 10 aromatic rings. The zero-order valence-electron chi connectivity index (χ0n) is 33.6. The Hall–Kier alpha value is -7.48. The van der Waals surface area contributed by atoms with Crippen LogP contribution in [0.2, 0.25) is 0 Å². The van der Waals surface area contributed by atoms with Crippen LogP contribution in [0.15, 0.2) is 170 Å². The number of benzene rings is 8. The molecule has 0 N–H and O–H groups in total. The first-order valence-electron chi connectivity index (χ1n) is 20.1. The van der Waals surface area contributed by atoms with Gasteiger partial charge in [-0.2, -0.15) is 52.7 Å². The fourth-order valence-corrected chi connectivity index (χ4v) is 9.03. The van der Waals surface area contributed by atoms with Gasteiger partial charge in [0, 0.05) is 21.5 Å². The monoisotopic (exact) mass is 908 g/mol. The third-order valence-electron chi connectivity index (χ3n) is 11.9. The van der Waals surface area contributed by atoms with Gasteiger partial charge in [0.05, 0.1) is 55.7 Å². The van der Waals surface area contributed by atoms with E-state index in [1.807, 2.05) is 0 Å². The molecule has 0 fully saturated rings. The summed E-state index contributed by atoms with van der Waals surface area (Å²) < 4.78 is 179. The molecule has 0 radical (unpaired) electrons. The molecule has 0 amide bonds. The van der Waals surface area contributed by atoms with Crippen molar-refractivity contribution >= 4 is 43.6 Å². The summed E-state index contributed by atoms with van der Waals surface area (Å²) in [5, 5.41) is 1.83. The highest BCUT2D eigenvalue weighted by molar-refractivity contribution is 6.11. The molecule has 2 aromatic heterocycles. The average Bonchev–Trinajstić information content (AvgIpc) is 3.79. The Balaban J connectivity index is 1.23. The molecule has 8 aromatic carbocycles. The Labute approximate surface area is 366 Å². The number of nitrogens with zero attached hydrogens (tertiary/aromatic N) is 2. The van der Waals surface area contributed by atoms with Crippen molar-refractivity contribution in [2.75, 3.05) is 0 Å². The molecule has 0 saturated carbocycles. The highest BCUT2D eigenvalue weighted by Crippen LogP contribution is 2.46. The lowest BCUT2D eigenvalue weighted by Gasteiger charge is -2.20. The van der Waals surface area contributed by atoms with E-state index in [1.54, 1.807) is 48.5 Å². The third kappa shape index (κ3) is 7.11. The van der Waals surface area contributed by atoms with Gasteiger partial charge >= 0.3 is 24.7 Å². The molecule has 0 unspecified atom stereocenters. The minimum absolute atomic E-state index is 0.0537. The van der Waals surface area contributed by atoms with Gasteiger partial charge in [0.1, 0.15) is 0 Å². The number of halogens is 12. The summed E-state index contributed by atoms with van der Waals surface area (Å²) >= 11 is 0. The van der Waals surface area contributed by atoms with Crippen LogP contribution in [0.5, 0.6) is 0 Å². The number of aromatic nitrogens is 2. The van der Waals surface area contributed by atoms with Crippen LogP contribution in [0, 0.1) is 0 Å². The summed E-state index contributed by atoms with van der Waals surface area (Å²) in [7, 11) is 0. The lowest BCUT2D eigenvalue weighted by atomic mass is 9.97. The molecule has 0 aliphatic rings. The van der Waals surface area contributed by atoms with Crippen LogP contribution < -0.4 is 0 Å². The van der Waals surface area contributed by atoms with E-state index in [-0.39, 0.29) is 55.4 Å². The number of rotatable bonds is 5. The van der Waals surface area contributed by atoms with Crippen LogP contribution in [-0.2, 0) is 24.7 Å². The van der Waals surface area contributed by atoms with Crippen molar-refractivity contribution in [1.29, 1.82) is 0 Å². The summed E-state index contributed by atoms with van der Waals surface area (Å²) in [5.41, 5.74) is -4.37. The second-order valence-electron chi connectivity index (χ2n) is 15.7. The first-order valence-corrected chi connectivity index (χ1v) is 20.1. The third-order valence-corrected chi connectivity index (χ3v) is 11.9. The lowest BCUT2D eigenvalue weighted by Crippen LogP contribution is -2.12. The molecule has 330 valence electrons. The van der Waals surface area contributed by atoms with E-state index in [0.29, 0.717) is 21.5 Å². The Bertz CT molecular complexity index is 3310. The summed E-state index contributed by atoms with van der Waals surface area (Å²) in [5.74, 6) is 0. The maximum atomic E-state index is 15.2. The maximum absolute atomic E-state index is 15.2. The Kier molecular flexibility index (Phi) is 9.68. The van der Waals surface area contributed by atoms with Gasteiger partial charge in [0.15, 0.2) is 0 Å². The lowest BCUT2D eigenvalue weighted by molar-refractivity contribution is -0.138. The molecule has 66 heavy (non-hydrogen) atoms. The van der Waals surface area contributed by atoms with Crippen LogP contribution in [0.4, 0.5) is 52.7 Å². The molecule has 0 atom stereocenters. The molecule has 0 spiro atoms. The van der Waals surface area contributed by atoms with Crippen molar-refractivity contribution in [1.82, 2.24) is 9.13 Å². The van der Waals surface area contributed by atoms with Crippen molar-refractivity contribution in [3.8, 4) is 44.8 Å². The van der Waals surface area contributed by atoms with Crippen molar-refractivity contribution in [2.24, 2.45) is 0 Å². The topological polar surface area (TPSA) is 9.86 Å². The van der Waals surface area contributed by atoms with E-state index in [9.17, 15) is 26.3 Å². The highest BCUT2D eigenvalue weighted by atomic mass is 19.4. The second kappa shape index (κ2) is 15.0. The molecular formula is C52H28F12N2. The van der Waals surface area contributed by atoms with Crippen molar-refractivity contribution in [2.45, 2.75) is 24.7 Å². The summed E-state index contributed by atoms with van der Waals surface area (Å²) in [6.45, 7) is 0. The molecule has 2 nitrogen and oxygen atoms in total. The van der Waals surface area contributed by atoms with Crippen LogP contribution in [0.25, 0.3) is 88.4 Å². The van der Waals surface area contributed by atoms with Crippen LogP contribution in [0.1, 0.15) is 22.3 Å². The van der Waals surface area contributed by atoms with Crippen LogP contribution >= 0.6 is 0 Å². The largest absolute Gasteiger partial charge is 0.418 e. The summed E-state index contributed by atoms with van der Waals surface area (Å²) in [6.07, 6.45) is -19.5. The van der Waals surface area contributed by atoms with E-state index in [2.05, 4.69) is 0 Å². The first-order chi connectivity index (χ1) is 31.3. The van der Waals surface area contributed by atoms with Crippen molar-refractivity contribution in [3.63, 3.8) is 0 Å². The van der Waals surface area contributed by atoms with Crippen molar-refractivity contribution in [3.05, 3.63) is 192 Å². The van der Waals surface area contributed by atoms with Gasteiger partial charge in [-0.1, -0.05) is 109 Å². The summed E-state index contributed by atoms with van der Waals surface area (Å²) in [4.78, 5) is 0. The average molecular weight is 909 g/mol. The number of hydrogen-bond acceptors (Lipinski definition) is 0. The van der Waals surface area contributed by atoms with E-state index in [1.165, 1.54) is 94.1 Å². The Morgan fingerprint density at radius 3 is 0.955 bits per heavy atom. The van der Waals surface area contributed by atoms with E-state index in [4.69, 9.17) is 0 Å². The number of hydrogen-bond donors (Lipinski definition) is 0. The number of para-hydroxylation sites is 2. The van der Waals surface area contributed by atoms with Gasteiger partial charge in [-0.25, -0.2) is 0 Å². The van der Waals surface area contributed by atoms with E-state index in [0.717, 1.165) is 36.4 Å². The molecule has 10 rings (SSSR count). The SMILES string of the molecule is FC(F)(F)c1ccccc1-c1ccc2c3ccccc3n(-c3cc(-c4ccc(C(F)(F)F)c(-n5c6ccccc6c6ccc(-c7ccccc7C(F)(F)F)cc65)c4)ccc3C(F)(F)F)c2c1. The molecule has 0 saturated heterocycles. The summed E-state index contributed by atoms with van der Waals surface area (Å²) in [6, 6.07) is 37.5. The predicted octanol–water partition coefficient (Wildman–Crippen LogP) is 17.0. The number of fused-ring (bicyclic) bond motifs is 6. The number of alkyl halides is 12. The zero-order valence-corrected chi connectivity index (χ0v) is 33.6. The van der Waals surface area contributed by atoms with E-state index >= 15 is 26.3 Å². The molecule has 0 bridgehead atoms. The zero-order chi connectivity index (χ0) is 46.5. The molecule has 14 heteroatoms. The smallest absolute Gasteiger partial charge is 0.309 e. The fraction of sp³-hybridized carbons (Fsp3) is 0.0769. The van der Waals surface area contributed by atoms with Crippen LogP contribution in [-0.4, -0.2) is 9.13 Å². The quantitative estimate of drug-likeness (QED) is 0.152. The fourth-order valence-electron chi connectivity index (χ4n) is 9.03. The highest BCUT2D eigenvalue weighted by Gasteiger charge is 2.38. The normalized spacial score (nSPS) is 12.8. The Morgan fingerprint density at radius 2 is 0.576 bits per heavy atom. The van der Waals surface area contributed by atoms with E-state index < -0.39 is 58.3 Å². The van der Waals surface area contributed by atoms with Gasteiger partial charge < -0.3 is 9.13 Å². The second-order valence-corrected chi connectivity index (χ2v) is 15.7. The van der Waals surface area contributed by atoms with Gasteiger partial charge in [-0.3, -0.25) is 0 Å².